The molecule has 2 amide bonds. The number of carbonyl (C=O) groups excluding carboxylic acids is 2. The van der Waals surface area contributed by atoms with E-state index in [1.165, 1.54) is 18.3 Å². The molecule has 2 aromatic carbocycles. The van der Waals surface area contributed by atoms with Crippen LogP contribution in [0.4, 0.5) is 32.0 Å². The van der Waals surface area contributed by atoms with E-state index in [0.29, 0.717) is 25.1 Å². The van der Waals surface area contributed by atoms with Crippen molar-refractivity contribution >= 4 is 17.5 Å². The predicted octanol–water partition coefficient (Wildman–Crippen LogP) is 5.28. The summed E-state index contributed by atoms with van der Waals surface area (Å²) < 4.78 is 88.6. The molecule has 0 bridgehead atoms. The summed E-state index contributed by atoms with van der Waals surface area (Å²) in [5.74, 6) is -5.82. The number of alkyl halides is 3. The van der Waals surface area contributed by atoms with Crippen LogP contribution < -0.4 is 15.4 Å². The van der Waals surface area contributed by atoms with Gasteiger partial charge in [0, 0.05) is 36.6 Å². The molecule has 0 aliphatic rings. The first-order valence-corrected chi connectivity index (χ1v) is 11.5. The SMILES string of the molecule is CCCNC(=O)c1cc(Oc2ccc(NC(=O)c3nnn(-c4ccc(F)c(F)c4)c3C(F)(F)F)cc2F)ccn1. The maximum atomic E-state index is 14.7. The number of aromatic nitrogens is 4. The van der Waals surface area contributed by atoms with Gasteiger partial charge in [-0.3, -0.25) is 14.6 Å². The first-order chi connectivity index (χ1) is 19.0. The van der Waals surface area contributed by atoms with Crippen molar-refractivity contribution in [3.63, 3.8) is 0 Å². The van der Waals surface area contributed by atoms with Crippen LogP contribution in [0, 0.1) is 17.5 Å². The Morgan fingerprint density at radius 1 is 0.950 bits per heavy atom. The van der Waals surface area contributed by atoms with Crippen LogP contribution in [0.15, 0.2) is 54.7 Å². The molecule has 15 heteroatoms. The maximum absolute atomic E-state index is 14.7. The number of ether oxygens (including phenoxy) is 1. The van der Waals surface area contributed by atoms with Gasteiger partial charge in [0.05, 0.1) is 5.69 Å². The third-order valence-corrected chi connectivity index (χ3v) is 5.22. The molecule has 4 rings (SSSR count). The number of nitrogens with zero attached hydrogens (tertiary/aromatic N) is 4. The summed E-state index contributed by atoms with van der Waals surface area (Å²) in [6.07, 6.45) is -3.19. The van der Waals surface area contributed by atoms with E-state index in [1.807, 2.05) is 6.92 Å². The number of nitrogens with one attached hydrogen (secondary N) is 2. The van der Waals surface area contributed by atoms with Crippen molar-refractivity contribution in [2.45, 2.75) is 19.5 Å². The molecule has 2 heterocycles. The first-order valence-electron chi connectivity index (χ1n) is 11.5. The molecule has 2 N–H and O–H groups in total. The molecular weight excluding hydrogens is 546 g/mol. The number of hydrogen-bond donors (Lipinski definition) is 2. The van der Waals surface area contributed by atoms with Crippen LogP contribution in [0.3, 0.4) is 0 Å². The van der Waals surface area contributed by atoms with Gasteiger partial charge in [0.2, 0.25) is 0 Å². The van der Waals surface area contributed by atoms with Gasteiger partial charge < -0.3 is 15.4 Å². The Balaban J connectivity index is 1.54. The molecule has 40 heavy (non-hydrogen) atoms. The molecule has 0 spiro atoms. The number of anilines is 1. The number of pyridine rings is 1. The fraction of sp³-hybridized carbons (Fsp3) is 0.160. The zero-order chi connectivity index (χ0) is 29.0. The molecule has 208 valence electrons. The van der Waals surface area contributed by atoms with Gasteiger partial charge in [-0.25, -0.2) is 17.9 Å². The highest BCUT2D eigenvalue weighted by Gasteiger charge is 2.42. The lowest BCUT2D eigenvalue weighted by molar-refractivity contribution is -0.143. The van der Waals surface area contributed by atoms with Crippen molar-refractivity contribution < 1.29 is 40.7 Å². The van der Waals surface area contributed by atoms with Crippen molar-refractivity contribution in [3.05, 3.63) is 89.3 Å². The predicted molar refractivity (Wildman–Crippen MR) is 128 cm³/mol. The quantitative estimate of drug-likeness (QED) is 0.282. The van der Waals surface area contributed by atoms with Gasteiger partial charge in [-0.1, -0.05) is 12.1 Å². The number of rotatable bonds is 8. The number of carbonyl (C=O) groups is 2. The molecule has 0 unspecified atom stereocenters. The van der Waals surface area contributed by atoms with Gasteiger partial charge in [-0.2, -0.15) is 13.2 Å². The molecule has 0 radical (unpaired) electrons. The standard InChI is InChI=1S/C25H18F6N6O3/c1-2-8-33-23(38)19-12-15(7-9-32-19)40-20-6-3-13(10-18(20)28)34-24(39)21-22(25(29,30)31)37(36-35-21)14-4-5-16(26)17(27)11-14/h3-7,9-12H,2,8H2,1H3,(H,33,38)(H,34,39). The normalized spacial score (nSPS) is 11.3. The Morgan fingerprint density at radius 2 is 1.73 bits per heavy atom. The highest BCUT2D eigenvalue weighted by Crippen LogP contribution is 2.34. The van der Waals surface area contributed by atoms with Gasteiger partial charge in [0.25, 0.3) is 11.8 Å². The van der Waals surface area contributed by atoms with Crippen molar-refractivity contribution in [1.82, 2.24) is 25.3 Å². The van der Waals surface area contributed by atoms with Gasteiger partial charge in [0.15, 0.2) is 34.6 Å². The minimum Gasteiger partial charge on any atom is -0.454 e. The summed E-state index contributed by atoms with van der Waals surface area (Å²) in [7, 11) is 0. The Labute approximate surface area is 221 Å². The molecule has 2 aromatic heterocycles. The second-order valence-electron chi connectivity index (χ2n) is 8.13. The zero-order valence-electron chi connectivity index (χ0n) is 20.4. The van der Waals surface area contributed by atoms with Gasteiger partial charge in [0.1, 0.15) is 11.4 Å². The van der Waals surface area contributed by atoms with Crippen molar-refractivity contribution in [3.8, 4) is 17.2 Å². The second kappa shape index (κ2) is 11.4. The van der Waals surface area contributed by atoms with Gasteiger partial charge in [-0.05, 0) is 36.8 Å². The molecular formula is C25H18F6N6O3. The van der Waals surface area contributed by atoms with Crippen LogP contribution in [0.2, 0.25) is 0 Å². The molecule has 0 saturated carbocycles. The Hall–Kier alpha value is -4.95. The topological polar surface area (TPSA) is 111 Å². The maximum Gasteiger partial charge on any atom is 0.435 e. The van der Waals surface area contributed by atoms with E-state index in [0.717, 1.165) is 24.3 Å². The minimum absolute atomic E-state index is 0.0344. The number of amides is 2. The van der Waals surface area contributed by atoms with Crippen LogP contribution in [-0.2, 0) is 6.18 Å². The lowest BCUT2D eigenvalue weighted by Gasteiger charge is -2.12. The van der Waals surface area contributed by atoms with Crippen molar-refractivity contribution in [2.24, 2.45) is 0 Å². The molecule has 4 aromatic rings. The smallest absolute Gasteiger partial charge is 0.435 e. The number of benzene rings is 2. The third kappa shape index (κ3) is 6.19. The number of halogens is 6. The average molecular weight is 564 g/mol. The Kier molecular flexibility index (Phi) is 8.02. The largest absolute Gasteiger partial charge is 0.454 e. The van der Waals surface area contributed by atoms with E-state index in [4.69, 9.17) is 4.74 Å². The van der Waals surface area contributed by atoms with Crippen LogP contribution in [-0.4, -0.2) is 38.3 Å². The first kappa shape index (κ1) is 28.1. The Morgan fingerprint density at radius 3 is 2.40 bits per heavy atom. The zero-order valence-corrected chi connectivity index (χ0v) is 20.4. The molecule has 0 fully saturated rings. The second-order valence-corrected chi connectivity index (χ2v) is 8.13. The van der Waals surface area contributed by atoms with Crippen LogP contribution in [0.1, 0.15) is 40.0 Å². The molecule has 0 atom stereocenters. The van der Waals surface area contributed by atoms with Crippen LogP contribution in [0.5, 0.6) is 11.5 Å². The van der Waals surface area contributed by atoms with Gasteiger partial charge >= 0.3 is 6.18 Å². The third-order valence-electron chi connectivity index (χ3n) is 5.22. The molecule has 9 nitrogen and oxygen atoms in total. The highest BCUT2D eigenvalue weighted by molar-refractivity contribution is 6.03. The van der Waals surface area contributed by atoms with Crippen molar-refractivity contribution in [1.29, 1.82) is 0 Å². The summed E-state index contributed by atoms with van der Waals surface area (Å²) in [4.78, 5) is 28.7. The van der Waals surface area contributed by atoms with E-state index in [1.54, 1.807) is 0 Å². The summed E-state index contributed by atoms with van der Waals surface area (Å²) in [6, 6.07) is 7.57. The summed E-state index contributed by atoms with van der Waals surface area (Å²) in [5, 5.41) is 11.2. The fourth-order valence-electron chi connectivity index (χ4n) is 3.39. The van der Waals surface area contributed by atoms with E-state index in [9.17, 15) is 35.9 Å². The van der Waals surface area contributed by atoms with E-state index >= 15 is 0 Å². The van der Waals surface area contributed by atoms with Crippen molar-refractivity contribution in [2.75, 3.05) is 11.9 Å². The monoisotopic (exact) mass is 564 g/mol. The summed E-state index contributed by atoms with van der Waals surface area (Å²) in [5.41, 5.74) is -3.60. The fourth-order valence-corrected chi connectivity index (χ4v) is 3.39. The average Bonchev–Trinajstić information content (AvgIpc) is 3.37. The van der Waals surface area contributed by atoms with Gasteiger partial charge in [-0.15, -0.1) is 5.10 Å². The number of hydrogen-bond acceptors (Lipinski definition) is 6. The Bertz CT molecular complexity index is 1570. The van der Waals surface area contributed by atoms with E-state index in [2.05, 4.69) is 25.9 Å². The molecule has 0 aliphatic heterocycles. The summed E-state index contributed by atoms with van der Waals surface area (Å²) in [6.45, 7) is 2.30. The minimum atomic E-state index is -5.18. The van der Waals surface area contributed by atoms with Crippen LogP contribution >= 0.6 is 0 Å². The lowest BCUT2D eigenvalue weighted by Crippen LogP contribution is -2.24. The van der Waals surface area contributed by atoms with E-state index in [-0.39, 0.29) is 27.6 Å². The lowest BCUT2D eigenvalue weighted by atomic mass is 10.2. The molecule has 0 aliphatic carbocycles. The van der Waals surface area contributed by atoms with Crippen LogP contribution in [0.25, 0.3) is 5.69 Å². The highest BCUT2D eigenvalue weighted by atomic mass is 19.4. The summed E-state index contributed by atoms with van der Waals surface area (Å²) >= 11 is 0. The molecule has 0 saturated heterocycles. The van der Waals surface area contributed by atoms with E-state index < -0.39 is 52.5 Å².